The Bertz CT molecular complexity index is 695. The molecule has 0 saturated carbocycles. The van der Waals surface area contributed by atoms with Gasteiger partial charge in [0.1, 0.15) is 5.52 Å². The minimum Gasteiger partial charge on any atom is -0.440 e. The van der Waals surface area contributed by atoms with E-state index in [0.29, 0.717) is 35.0 Å². The number of benzene rings is 1. The molecule has 2 rings (SSSR count). The number of alkyl halides is 1. The number of hydrogen-bond donors (Lipinski definition) is 1. The van der Waals surface area contributed by atoms with Crippen molar-refractivity contribution in [1.82, 2.24) is 4.98 Å². The van der Waals surface area contributed by atoms with E-state index in [9.17, 15) is 8.42 Å². The maximum atomic E-state index is 11.8. The minimum atomic E-state index is -3.37. The number of sulfonamides is 1. The van der Waals surface area contributed by atoms with Crippen molar-refractivity contribution in [3.63, 3.8) is 0 Å². The Kier molecular flexibility index (Phi) is 4.55. The predicted molar refractivity (Wildman–Crippen MR) is 80.8 cm³/mol. The lowest BCUT2D eigenvalue weighted by Gasteiger charge is -2.06. The molecule has 1 aromatic heterocycles. The molecule has 1 heterocycles. The van der Waals surface area contributed by atoms with E-state index in [2.05, 4.69) is 9.71 Å². The van der Waals surface area contributed by atoms with Crippen molar-refractivity contribution >= 4 is 38.4 Å². The van der Waals surface area contributed by atoms with E-state index in [1.165, 1.54) is 0 Å². The van der Waals surface area contributed by atoms with Gasteiger partial charge in [0, 0.05) is 11.8 Å². The number of oxazole rings is 1. The fourth-order valence-electron chi connectivity index (χ4n) is 1.73. The third-order valence-electron chi connectivity index (χ3n) is 2.72. The average molecular weight is 317 g/mol. The summed E-state index contributed by atoms with van der Waals surface area (Å²) >= 11 is 5.51. The molecule has 7 heteroatoms. The van der Waals surface area contributed by atoms with E-state index >= 15 is 0 Å². The van der Waals surface area contributed by atoms with E-state index in [-0.39, 0.29) is 11.7 Å². The summed E-state index contributed by atoms with van der Waals surface area (Å²) in [4.78, 5) is 4.34. The summed E-state index contributed by atoms with van der Waals surface area (Å²) in [5, 5.41) is 0. The zero-order valence-electron chi connectivity index (χ0n) is 11.4. The average Bonchev–Trinajstić information content (AvgIpc) is 2.79. The topological polar surface area (TPSA) is 72.2 Å². The molecule has 1 N–H and O–H groups in total. The fraction of sp³-hybridized carbons (Fsp3) is 0.462. The molecule has 0 aliphatic carbocycles. The minimum absolute atomic E-state index is 0.00456. The highest BCUT2D eigenvalue weighted by atomic mass is 35.5. The molecule has 5 nitrogen and oxygen atoms in total. The third-order valence-corrected chi connectivity index (χ3v) is 4.36. The normalized spacial score (nSPS) is 12.2. The Morgan fingerprint density at radius 1 is 1.40 bits per heavy atom. The zero-order valence-corrected chi connectivity index (χ0v) is 13.0. The molecule has 0 bridgehead atoms. The van der Waals surface area contributed by atoms with Crippen molar-refractivity contribution < 1.29 is 12.8 Å². The second-order valence-electron chi connectivity index (χ2n) is 4.85. The van der Waals surface area contributed by atoms with Gasteiger partial charge in [-0.25, -0.2) is 13.4 Å². The first-order valence-electron chi connectivity index (χ1n) is 6.38. The molecular weight excluding hydrogens is 300 g/mol. The lowest BCUT2D eigenvalue weighted by atomic mass is 10.2. The Hall–Kier alpha value is -1.27. The fourth-order valence-corrected chi connectivity index (χ4v) is 3.14. The second-order valence-corrected chi connectivity index (χ2v) is 7.07. The van der Waals surface area contributed by atoms with Crippen molar-refractivity contribution in [3.05, 3.63) is 24.1 Å². The quantitative estimate of drug-likeness (QED) is 0.830. The van der Waals surface area contributed by atoms with Crippen LogP contribution in [0.1, 0.15) is 32.1 Å². The van der Waals surface area contributed by atoms with Crippen LogP contribution in [0.5, 0.6) is 0 Å². The SMILES string of the molecule is CC(C)c1nc2cc(NS(=O)(=O)CCCCl)ccc2o1. The van der Waals surface area contributed by atoms with Gasteiger partial charge in [-0.1, -0.05) is 13.8 Å². The number of rotatable bonds is 6. The zero-order chi connectivity index (χ0) is 14.8. The molecule has 0 aliphatic rings. The summed E-state index contributed by atoms with van der Waals surface area (Å²) in [6, 6.07) is 5.05. The smallest absolute Gasteiger partial charge is 0.232 e. The van der Waals surface area contributed by atoms with Crippen LogP contribution in [0.2, 0.25) is 0 Å². The van der Waals surface area contributed by atoms with Gasteiger partial charge < -0.3 is 4.42 Å². The first-order valence-corrected chi connectivity index (χ1v) is 8.57. The molecule has 0 saturated heterocycles. The van der Waals surface area contributed by atoms with Gasteiger partial charge in [0.25, 0.3) is 0 Å². The van der Waals surface area contributed by atoms with Gasteiger partial charge in [-0.2, -0.15) is 0 Å². The van der Waals surface area contributed by atoms with E-state index in [0.717, 1.165) is 0 Å². The van der Waals surface area contributed by atoms with E-state index < -0.39 is 10.0 Å². The van der Waals surface area contributed by atoms with Crippen LogP contribution < -0.4 is 4.72 Å². The Morgan fingerprint density at radius 3 is 2.80 bits per heavy atom. The van der Waals surface area contributed by atoms with Crippen molar-refractivity contribution in [2.24, 2.45) is 0 Å². The van der Waals surface area contributed by atoms with Crippen LogP contribution in [-0.4, -0.2) is 25.0 Å². The summed E-state index contributed by atoms with van der Waals surface area (Å²) in [5.41, 5.74) is 1.78. The van der Waals surface area contributed by atoms with Crippen molar-refractivity contribution in [2.75, 3.05) is 16.4 Å². The van der Waals surface area contributed by atoms with Gasteiger partial charge in [-0.3, -0.25) is 4.72 Å². The Labute approximate surface area is 123 Å². The first-order chi connectivity index (χ1) is 9.41. The molecular formula is C13H17ClN2O3S. The molecule has 1 aromatic carbocycles. The van der Waals surface area contributed by atoms with E-state index in [1.54, 1.807) is 18.2 Å². The number of nitrogens with one attached hydrogen (secondary N) is 1. The molecule has 0 spiro atoms. The highest BCUT2D eigenvalue weighted by Crippen LogP contribution is 2.24. The summed E-state index contributed by atoms with van der Waals surface area (Å²) in [6.45, 7) is 3.97. The highest BCUT2D eigenvalue weighted by molar-refractivity contribution is 7.92. The Morgan fingerprint density at radius 2 is 2.15 bits per heavy atom. The van der Waals surface area contributed by atoms with Gasteiger partial charge in [-0.15, -0.1) is 11.6 Å². The largest absolute Gasteiger partial charge is 0.440 e. The number of hydrogen-bond acceptors (Lipinski definition) is 4. The van der Waals surface area contributed by atoms with Crippen molar-refractivity contribution in [3.8, 4) is 0 Å². The third kappa shape index (κ3) is 3.64. The summed E-state index contributed by atoms with van der Waals surface area (Å²) in [7, 11) is -3.37. The van der Waals surface area contributed by atoms with Crippen LogP contribution >= 0.6 is 11.6 Å². The molecule has 110 valence electrons. The van der Waals surface area contributed by atoms with Crippen LogP contribution in [0.25, 0.3) is 11.1 Å². The van der Waals surface area contributed by atoms with Gasteiger partial charge in [-0.05, 0) is 24.6 Å². The van der Waals surface area contributed by atoms with Gasteiger partial charge in [0.2, 0.25) is 10.0 Å². The molecule has 0 unspecified atom stereocenters. The highest BCUT2D eigenvalue weighted by Gasteiger charge is 2.13. The molecule has 20 heavy (non-hydrogen) atoms. The summed E-state index contributed by atoms with van der Waals surface area (Å²) in [5.74, 6) is 1.15. The molecule has 0 fully saturated rings. The van der Waals surface area contributed by atoms with Crippen LogP contribution in [0, 0.1) is 0 Å². The van der Waals surface area contributed by atoms with Crippen LogP contribution in [0.4, 0.5) is 5.69 Å². The van der Waals surface area contributed by atoms with Gasteiger partial charge in [0.15, 0.2) is 11.5 Å². The maximum absolute atomic E-state index is 11.8. The number of nitrogens with zero attached hydrogens (tertiary/aromatic N) is 1. The lowest BCUT2D eigenvalue weighted by Crippen LogP contribution is -2.16. The van der Waals surface area contributed by atoms with Crippen molar-refractivity contribution in [2.45, 2.75) is 26.2 Å². The molecule has 0 aliphatic heterocycles. The standard InChI is InChI=1S/C13H17ClN2O3S/c1-9(2)13-15-11-8-10(4-5-12(11)19-13)16-20(17,18)7-3-6-14/h4-5,8-9,16H,3,6-7H2,1-2H3. The van der Waals surface area contributed by atoms with Crippen LogP contribution in [0.3, 0.4) is 0 Å². The second kappa shape index (κ2) is 6.01. The number of halogens is 1. The van der Waals surface area contributed by atoms with Crippen molar-refractivity contribution in [1.29, 1.82) is 0 Å². The predicted octanol–water partition coefficient (Wildman–Crippen LogP) is 3.32. The molecule has 0 radical (unpaired) electrons. The van der Waals surface area contributed by atoms with Gasteiger partial charge >= 0.3 is 0 Å². The van der Waals surface area contributed by atoms with Crippen LogP contribution in [-0.2, 0) is 10.0 Å². The summed E-state index contributed by atoms with van der Waals surface area (Å²) < 4.78 is 31.7. The van der Waals surface area contributed by atoms with E-state index in [1.807, 2.05) is 13.8 Å². The number of fused-ring (bicyclic) bond motifs is 1. The first kappa shape index (κ1) is 15.1. The number of aromatic nitrogens is 1. The summed E-state index contributed by atoms with van der Waals surface area (Å²) in [6.07, 6.45) is 0.417. The Balaban J connectivity index is 2.23. The monoisotopic (exact) mass is 316 g/mol. The van der Waals surface area contributed by atoms with Crippen LogP contribution in [0.15, 0.2) is 22.6 Å². The molecule has 0 amide bonds. The number of anilines is 1. The lowest BCUT2D eigenvalue weighted by molar-refractivity contribution is 0.501. The van der Waals surface area contributed by atoms with Gasteiger partial charge in [0.05, 0.1) is 11.4 Å². The molecule has 0 atom stereocenters. The molecule has 2 aromatic rings. The van der Waals surface area contributed by atoms with E-state index in [4.69, 9.17) is 16.0 Å². The maximum Gasteiger partial charge on any atom is 0.232 e.